The zero-order valence-corrected chi connectivity index (χ0v) is 13.7. The molecule has 8 heteroatoms. The Kier molecular flexibility index (Phi) is 4.43. The summed E-state index contributed by atoms with van der Waals surface area (Å²) in [4.78, 5) is 0. The van der Waals surface area contributed by atoms with Crippen LogP contribution in [0.5, 0.6) is 17.2 Å². The van der Waals surface area contributed by atoms with Crippen molar-refractivity contribution in [2.24, 2.45) is 0 Å². The first-order valence-corrected chi connectivity index (χ1v) is 7.58. The molecule has 0 aliphatic heterocycles. The van der Waals surface area contributed by atoms with Crippen molar-refractivity contribution in [3.05, 3.63) is 63.9 Å². The van der Waals surface area contributed by atoms with Crippen molar-refractivity contribution in [2.45, 2.75) is 6.18 Å². The average molecular weight is 391 g/mol. The quantitative estimate of drug-likeness (QED) is 0.385. The molecule has 0 radical (unpaired) electrons. The van der Waals surface area contributed by atoms with Crippen LogP contribution in [-0.2, 0) is 6.18 Å². The molecule has 0 spiro atoms. The molecule has 0 atom stereocenters. The molecular formula is C17H8Cl2F4O2. The van der Waals surface area contributed by atoms with Gasteiger partial charge in [0.15, 0.2) is 11.6 Å². The number of phenols is 1. The summed E-state index contributed by atoms with van der Waals surface area (Å²) in [7, 11) is 0. The number of ether oxygens (including phenoxy) is 1. The lowest BCUT2D eigenvalue weighted by Gasteiger charge is -2.15. The summed E-state index contributed by atoms with van der Waals surface area (Å²) in [6.07, 6.45) is -4.93. The molecule has 0 bridgehead atoms. The van der Waals surface area contributed by atoms with Crippen LogP contribution in [0.2, 0.25) is 10.0 Å². The van der Waals surface area contributed by atoms with E-state index in [1.165, 1.54) is 18.2 Å². The van der Waals surface area contributed by atoms with Gasteiger partial charge in [-0.1, -0.05) is 35.3 Å². The SMILES string of the molecule is Oc1ccc2cc(Oc3c(Cl)cc(C(F)(F)F)c(F)c3Cl)ccc2c1. The van der Waals surface area contributed by atoms with E-state index in [9.17, 15) is 22.7 Å². The number of halogens is 6. The molecule has 3 aromatic carbocycles. The number of rotatable bonds is 2. The van der Waals surface area contributed by atoms with Crippen molar-refractivity contribution in [1.29, 1.82) is 0 Å². The van der Waals surface area contributed by atoms with Crippen LogP contribution in [0.4, 0.5) is 17.6 Å². The van der Waals surface area contributed by atoms with Crippen LogP contribution in [-0.4, -0.2) is 5.11 Å². The van der Waals surface area contributed by atoms with Crippen LogP contribution in [0.15, 0.2) is 42.5 Å². The van der Waals surface area contributed by atoms with Crippen LogP contribution in [0.25, 0.3) is 10.8 Å². The second kappa shape index (κ2) is 6.28. The number of hydrogen-bond donors (Lipinski definition) is 1. The van der Waals surface area contributed by atoms with Gasteiger partial charge in [0.1, 0.15) is 16.5 Å². The Morgan fingerprint density at radius 3 is 2.24 bits per heavy atom. The van der Waals surface area contributed by atoms with Gasteiger partial charge in [-0.3, -0.25) is 0 Å². The van der Waals surface area contributed by atoms with E-state index in [0.717, 1.165) is 0 Å². The van der Waals surface area contributed by atoms with Gasteiger partial charge in [0, 0.05) is 0 Å². The average Bonchev–Trinajstić information content (AvgIpc) is 2.54. The highest BCUT2D eigenvalue weighted by Crippen LogP contribution is 2.44. The molecule has 0 amide bonds. The second-order valence-corrected chi connectivity index (χ2v) is 5.94. The fourth-order valence-electron chi connectivity index (χ4n) is 2.27. The van der Waals surface area contributed by atoms with E-state index >= 15 is 0 Å². The minimum absolute atomic E-state index is 0.0806. The van der Waals surface area contributed by atoms with Crippen molar-refractivity contribution in [3.8, 4) is 17.2 Å². The highest BCUT2D eigenvalue weighted by atomic mass is 35.5. The topological polar surface area (TPSA) is 29.5 Å². The largest absolute Gasteiger partial charge is 0.508 e. The Morgan fingerprint density at radius 2 is 1.56 bits per heavy atom. The summed E-state index contributed by atoms with van der Waals surface area (Å²) in [5, 5.41) is 9.51. The molecule has 0 aliphatic carbocycles. The zero-order valence-electron chi connectivity index (χ0n) is 12.2. The Balaban J connectivity index is 2.03. The number of phenolic OH excluding ortho intramolecular Hbond substituents is 1. The molecule has 0 unspecified atom stereocenters. The standard InChI is InChI=1S/C17H8Cl2F4O2/c18-13-7-12(17(21,22)23)15(20)14(19)16(13)25-11-4-2-8-5-10(24)3-1-9(8)6-11/h1-7,24H. The normalized spacial score (nSPS) is 11.8. The zero-order chi connectivity index (χ0) is 18.4. The summed E-state index contributed by atoms with van der Waals surface area (Å²) >= 11 is 11.5. The van der Waals surface area contributed by atoms with Gasteiger partial charge in [-0.25, -0.2) is 4.39 Å². The van der Waals surface area contributed by atoms with E-state index in [0.29, 0.717) is 16.8 Å². The third-order valence-electron chi connectivity index (χ3n) is 3.44. The summed E-state index contributed by atoms with van der Waals surface area (Å²) in [5.41, 5.74) is -1.57. The molecule has 3 rings (SSSR count). The van der Waals surface area contributed by atoms with Crippen LogP contribution in [0.1, 0.15) is 5.56 Å². The van der Waals surface area contributed by atoms with Crippen molar-refractivity contribution in [2.75, 3.05) is 0 Å². The molecule has 0 saturated carbocycles. The number of fused-ring (bicyclic) bond motifs is 1. The molecular weight excluding hydrogens is 383 g/mol. The van der Waals surface area contributed by atoms with Gasteiger partial charge in [0.2, 0.25) is 0 Å². The highest BCUT2D eigenvalue weighted by Gasteiger charge is 2.37. The molecule has 2 nitrogen and oxygen atoms in total. The lowest BCUT2D eigenvalue weighted by molar-refractivity contribution is -0.140. The summed E-state index contributed by atoms with van der Waals surface area (Å²) in [6, 6.07) is 9.69. The monoisotopic (exact) mass is 390 g/mol. The maximum absolute atomic E-state index is 13.9. The number of aromatic hydroxyl groups is 1. The Hall–Kier alpha value is -2.18. The minimum Gasteiger partial charge on any atom is -0.508 e. The Bertz CT molecular complexity index is 971. The van der Waals surface area contributed by atoms with Crippen molar-refractivity contribution in [3.63, 3.8) is 0 Å². The van der Waals surface area contributed by atoms with E-state index < -0.39 is 33.4 Å². The predicted octanol–water partition coefficient (Wildman–Crippen LogP) is 6.80. The number of hydrogen-bond acceptors (Lipinski definition) is 2. The Morgan fingerprint density at radius 1 is 0.920 bits per heavy atom. The van der Waals surface area contributed by atoms with Gasteiger partial charge < -0.3 is 9.84 Å². The summed E-state index contributed by atoms with van der Waals surface area (Å²) in [6.45, 7) is 0. The number of alkyl halides is 3. The minimum atomic E-state index is -4.93. The fraction of sp³-hybridized carbons (Fsp3) is 0.0588. The van der Waals surface area contributed by atoms with E-state index in [1.807, 2.05) is 0 Å². The van der Waals surface area contributed by atoms with E-state index in [1.54, 1.807) is 18.2 Å². The lowest BCUT2D eigenvalue weighted by atomic mass is 10.1. The third-order valence-corrected chi connectivity index (χ3v) is 4.06. The van der Waals surface area contributed by atoms with E-state index in [-0.39, 0.29) is 11.5 Å². The maximum Gasteiger partial charge on any atom is 0.419 e. The molecule has 130 valence electrons. The molecule has 0 saturated heterocycles. The first-order valence-electron chi connectivity index (χ1n) is 6.82. The Labute approximate surface area is 149 Å². The van der Waals surface area contributed by atoms with E-state index in [2.05, 4.69) is 0 Å². The van der Waals surface area contributed by atoms with Gasteiger partial charge in [0.25, 0.3) is 0 Å². The lowest BCUT2D eigenvalue weighted by Crippen LogP contribution is -2.09. The first kappa shape index (κ1) is 17.6. The van der Waals surface area contributed by atoms with Gasteiger partial charge in [-0.15, -0.1) is 0 Å². The predicted molar refractivity (Wildman–Crippen MR) is 87.1 cm³/mol. The maximum atomic E-state index is 13.9. The molecule has 0 heterocycles. The molecule has 0 fully saturated rings. The highest BCUT2D eigenvalue weighted by molar-refractivity contribution is 6.37. The summed E-state index contributed by atoms with van der Waals surface area (Å²) in [5.74, 6) is -1.79. The van der Waals surface area contributed by atoms with Crippen LogP contribution in [0, 0.1) is 5.82 Å². The van der Waals surface area contributed by atoms with Crippen molar-refractivity contribution >= 4 is 34.0 Å². The summed E-state index contributed by atoms with van der Waals surface area (Å²) < 4.78 is 57.6. The molecule has 1 N–H and O–H groups in total. The molecule has 3 aromatic rings. The van der Waals surface area contributed by atoms with Crippen molar-refractivity contribution < 1.29 is 27.4 Å². The van der Waals surface area contributed by atoms with E-state index in [4.69, 9.17) is 27.9 Å². The van der Waals surface area contributed by atoms with Gasteiger partial charge >= 0.3 is 6.18 Å². The smallest absolute Gasteiger partial charge is 0.419 e. The van der Waals surface area contributed by atoms with Crippen molar-refractivity contribution in [1.82, 2.24) is 0 Å². The van der Waals surface area contributed by atoms with Crippen LogP contribution < -0.4 is 4.74 Å². The fourth-order valence-corrected chi connectivity index (χ4v) is 2.80. The number of benzene rings is 3. The van der Waals surface area contributed by atoms with Gasteiger partial charge in [0.05, 0.1) is 10.6 Å². The molecule has 0 aliphatic rings. The van der Waals surface area contributed by atoms with Gasteiger partial charge in [-0.05, 0) is 41.1 Å². The second-order valence-electron chi connectivity index (χ2n) is 5.16. The van der Waals surface area contributed by atoms with Gasteiger partial charge in [-0.2, -0.15) is 13.2 Å². The van der Waals surface area contributed by atoms with Crippen LogP contribution >= 0.6 is 23.2 Å². The molecule has 25 heavy (non-hydrogen) atoms. The van der Waals surface area contributed by atoms with Crippen LogP contribution in [0.3, 0.4) is 0 Å². The third kappa shape index (κ3) is 3.45. The first-order chi connectivity index (χ1) is 11.7. The molecule has 0 aromatic heterocycles.